The number of carbonyl (C=O) groups is 1. The number of nitrogens with zero attached hydrogens (tertiary/aromatic N) is 4. The third-order valence-electron chi connectivity index (χ3n) is 6.52. The highest BCUT2D eigenvalue weighted by Gasteiger charge is 2.27. The fraction of sp³-hybridized carbons (Fsp3) is 0.739. The Labute approximate surface area is 178 Å². The molecule has 1 saturated carbocycles. The van der Waals surface area contributed by atoms with Crippen LogP contribution in [0.15, 0.2) is 18.2 Å². The zero-order valence-corrected chi connectivity index (χ0v) is 17.9. The maximum absolute atomic E-state index is 12.5. The van der Waals surface area contributed by atoms with Crippen LogP contribution in [0, 0.1) is 5.92 Å². The van der Waals surface area contributed by atoms with Crippen LogP contribution >= 0.6 is 0 Å². The molecule has 1 aliphatic carbocycles. The van der Waals surface area contributed by atoms with Crippen molar-refractivity contribution >= 4 is 11.7 Å². The fourth-order valence-electron chi connectivity index (χ4n) is 4.38. The van der Waals surface area contributed by atoms with Crippen LogP contribution in [0.5, 0.6) is 0 Å². The molecule has 0 atom stereocenters. The number of anilines is 1. The zero-order chi connectivity index (χ0) is 22.0. The zero-order valence-electron chi connectivity index (χ0n) is 19.9. The highest BCUT2D eigenvalue weighted by atomic mass is 16.1. The van der Waals surface area contributed by atoms with E-state index in [-0.39, 0.29) is 11.9 Å². The average molecular weight is 402 g/mol. The summed E-state index contributed by atoms with van der Waals surface area (Å²) < 4.78 is 17.5. The smallest absolute Gasteiger partial charge is 0.269 e. The van der Waals surface area contributed by atoms with Crippen LogP contribution in [-0.4, -0.2) is 78.5 Å². The fourth-order valence-corrected chi connectivity index (χ4v) is 4.38. The molecule has 1 N–H and O–H groups in total. The lowest BCUT2D eigenvalue weighted by Gasteiger charge is -2.39. The van der Waals surface area contributed by atoms with Gasteiger partial charge in [0.15, 0.2) is 0 Å². The van der Waals surface area contributed by atoms with Crippen LogP contribution < -0.4 is 10.2 Å². The van der Waals surface area contributed by atoms with Gasteiger partial charge in [0, 0.05) is 47.5 Å². The molecule has 1 amide bonds. The SMILES string of the molecule is [2H]C1([2H])CCN(c2cccc(C(=O)NCC3CC3)n2)CCN1C1CCN(C(C)C)CC1. The number of rotatable bonds is 6. The highest BCUT2D eigenvalue weighted by molar-refractivity contribution is 5.92. The molecule has 2 saturated heterocycles. The van der Waals surface area contributed by atoms with Gasteiger partial charge in [0.25, 0.3) is 5.91 Å². The average Bonchev–Trinajstić information content (AvgIpc) is 3.60. The predicted octanol–water partition coefficient (Wildman–Crippen LogP) is 2.61. The maximum atomic E-state index is 12.5. The first-order chi connectivity index (χ1) is 14.8. The van der Waals surface area contributed by atoms with Crippen LogP contribution in [0.1, 0.15) is 59.2 Å². The Kier molecular flexibility index (Phi) is 5.90. The summed E-state index contributed by atoms with van der Waals surface area (Å²) in [5, 5.41) is 2.99. The van der Waals surface area contributed by atoms with Crippen LogP contribution in [0.25, 0.3) is 0 Å². The first kappa shape index (κ1) is 18.1. The molecule has 3 heterocycles. The van der Waals surface area contributed by atoms with E-state index in [1.807, 2.05) is 12.1 Å². The lowest BCUT2D eigenvalue weighted by Crippen LogP contribution is -2.47. The lowest BCUT2D eigenvalue weighted by atomic mass is 10.0. The van der Waals surface area contributed by atoms with Gasteiger partial charge in [0.2, 0.25) is 0 Å². The molecule has 0 aromatic carbocycles. The van der Waals surface area contributed by atoms with E-state index in [0.717, 1.165) is 44.8 Å². The molecule has 1 aromatic rings. The molecule has 6 nitrogen and oxygen atoms in total. The summed E-state index contributed by atoms with van der Waals surface area (Å²) in [6.45, 7) is 7.97. The van der Waals surface area contributed by atoms with Crippen molar-refractivity contribution in [3.8, 4) is 0 Å². The Bertz CT molecular complexity index is 762. The monoisotopic (exact) mass is 401 g/mol. The Morgan fingerprint density at radius 3 is 2.69 bits per heavy atom. The first-order valence-corrected chi connectivity index (χ1v) is 11.3. The van der Waals surface area contributed by atoms with Crippen molar-refractivity contribution in [2.75, 3.05) is 50.7 Å². The molecule has 0 unspecified atom stereocenters. The number of likely N-dealkylation sites (tertiary alicyclic amines) is 1. The summed E-state index contributed by atoms with van der Waals surface area (Å²) in [4.78, 5) is 23.8. The normalized spacial score (nSPS) is 25.4. The van der Waals surface area contributed by atoms with Crippen molar-refractivity contribution in [1.29, 1.82) is 0 Å². The van der Waals surface area contributed by atoms with Gasteiger partial charge < -0.3 is 15.1 Å². The molecule has 3 aliphatic rings. The van der Waals surface area contributed by atoms with E-state index in [1.54, 1.807) is 6.07 Å². The molecule has 0 spiro atoms. The van der Waals surface area contributed by atoms with Gasteiger partial charge in [-0.1, -0.05) is 6.07 Å². The van der Waals surface area contributed by atoms with Crippen molar-refractivity contribution in [3.63, 3.8) is 0 Å². The van der Waals surface area contributed by atoms with E-state index in [0.29, 0.717) is 37.2 Å². The first-order valence-electron chi connectivity index (χ1n) is 12.3. The number of hydrogen-bond acceptors (Lipinski definition) is 5. The molecule has 0 radical (unpaired) electrons. The van der Waals surface area contributed by atoms with Gasteiger partial charge in [-0.2, -0.15) is 0 Å². The van der Waals surface area contributed by atoms with E-state index < -0.39 is 6.50 Å². The Balaban J connectivity index is 1.39. The largest absolute Gasteiger partial charge is 0.355 e. The van der Waals surface area contributed by atoms with Gasteiger partial charge in [-0.3, -0.25) is 9.69 Å². The predicted molar refractivity (Wildman–Crippen MR) is 117 cm³/mol. The van der Waals surface area contributed by atoms with E-state index >= 15 is 0 Å². The van der Waals surface area contributed by atoms with Crippen molar-refractivity contribution in [1.82, 2.24) is 20.1 Å². The molecule has 1 aromatic heterocycles. The number of amides is 1. The summed E-state index contributed by atoms with van der Waals surface area (Å²) in [5.74, 6) is 1.29. The minimum Gasteiger partial charge on any atom is -0.355 e. The summed E-state index contributed by atoms with van der Waals surface area (Å²) in [7, 11) is 0. The van der Waals surface area contributed by atoms with Gasteiger partial charge in [-0.05, 0) is 77.1 Å². The van der Waals surface area contributed by atoms with Gasteiger partial charge >= 0.3 is 0 Å². The molecule has 160 valence electrons. The number of pyridine rings is 1. The number of aromatic nitrogens is 1. The molecule has 29 heavy (non-hydrogen) atoms. The second-order valence-electron chi connectivity index (χ2n) is 8.98. The summed E-state index contributed by atoms with van der Waals surface area (Å²) in [5.41, 5.74) is 0.448. The maximum Gasteiger partial charge on any atom is 0.269 e. The Morgan fingerprint density at radius 2 is 1.97 bits per heavy atom. The molecule has 2 aliphatic heterocycles. The molecule has 0 bridgehead atoms. The number of carbonyl (C=O) groups excluding carboxylic acids is 1. The van der Waals surface area contributed by atoms with Crippen LogP contribution in [0.4, 0.5) is 5.82 Å². The minimum atomic E-state index is -1.32. The highest BCUT2D eigenvalue weighted by Crippen LogP contribution is 2.27. The van der Waals surface area contributed by atoms with E-state index in [9.17, 15) is 4.79 Å². The van der Waals surface area contributed by atoms with Gasteiger partial charge in [0.1, 0.15) is 11.5 Å². The number of hydrogen-bond donors (Lipinski definition) is 1. The minimum absolute atomic E-state index is 0.113. The van der Waals surface area contributed by atoms with E-state index in [1.165, 1.54) is 12.8 Å². The van der Waals surface area contributed by atoms with Gasteiger partial charge in [-0.25, -0.2) is 4.98 Å². The van der Waals surface area contributed by atoms with E-state index in [2.05, 4.69) is 38.8 Å². The Hall–Kier alpha value is -1.66. The van der Waals surface area contributed by atoms with Crippen LogP contribution in [-0.2, 0) is 0 Å². The third kappa shape index (κ3) is 5.48. The molecule has 4 rings (SSSR count). The summed E-state index contributed by atoms with van der Waals surface area (Å²) in [6.07, 6.45) is 4.89. The quantitative estimate of drug-likeness (QED) is 0.794. The van der Waals surface area contributed by atoms with Gasteiger partial charge in [0.05, 0.1) is 0 Å². The third-order valence-corrected chi connectivity index (χ3v) is 6.52. The number of nitrogens with one attached hydrogen (secondary N) is 1. The molecule has 3 fully saturated rings. The van der Waals surface area contributed by atoms with Crippen molar-refractivity contribution in [2.45, 2.75) is 58.0 Å². The molecular weight excluding hydrogens is 362 g/mol. The topological polar surface area (TPSA) is 51.7 Å². The Morgan fingerprint density at radius 1 is 1.17 bits per heavy atom. The second kappa shape index (κ2) is 9.43. The molecule has 6 heteroatoms. The standard InChI is InChI=1S/C23H37N5O/c1-18(2)26-13-9-20(10-14-26)27-11-4-12-28(16-15-27)22-6-3-5-21(25-22)23(29)24-17-19-7-8-19/h3,5-6,18-20H,4,7-17H2,1-2H3,(H,24,29)/i11D2. The van der Waals surface area contributed by atoms with Gasteiger partial charge in [-0.15, -0.1) is 0 Å². The molecular formula is C23H37N5O. The van der Waals surface area contributed by atoms with Crippen molar-refractivity contribution < 1.29 is 7.54 Å². The lowest BCUT2D eigenvalue weighted by molar-refractivity contribution is 0.0947. The summed E-state index contributed by atoms with van der Waals surface area (Å²) in [6, 6.07) is 6.42. The van der Waals surface area contributed by atoms with Crippen molar-refractivity contribution in [3.05, 3.63) is 23.9 Å². The number of piperidine rings is 1. The van der Waals surface area contributed by atoms with Crippen LogP contribution in [0.3, 0.4) is 0 Å². The van der Waals surface area contributed by atoms with Crippen molar-refractivity contribution in [2.24, 2.45) is 5.92 Å². The van der Waals surface area contributed by atoms with E-state index in [4.69, 9.17) is 2.74 Å². The summed E-state index contributed by atoms with van der Waals surface area (Å²) >= 11 is 0. The van der Waals surface area contributed by atoms with Crippen LogP contribution in [0.2, 0.25) is 0 Å². The second-order valence-corrected chi connectivity index (χ2v) is 8.98.